The second-order valence-electron chi connectivity index (χ2n) is 4.29. The van der Waals surface area contributed by atoms with Crippen molar-refractivity contribution >= 4 is 6.21 Å². The highest BCUT2D eigenvalue weighted by Crippen LogP contribution is 2.14. The Morgan fingerprint density at radius 1 is 1.09 bits per heavy atom. The number of methoxy groups -OCH3 is 1. The van der Waals surface area contributed by atoms with E-state index >= 15 is 0 Å². The molecule has 5 nitrogen and oxygen atoms in total. The number of benzene rings is 2. The number of para-hydroxylation sites is 1. The predicted molar refractivity (Wildman–Crippen MR) is 83.2 cm³/mol. The van der Waals surface area contributed by atoms with Gasteiger partial charge >= 0.3 is 0 Å². The summed E-state index contributed by atoms with van der Waals surface area (Å²) in [5, 5.41) is 12.6. The average Bonchev–Trinajstić information content (AvgIpc) is 2.58. The van der Waals surface area contributed by atoms with Crippen LogP contribution in [0.1, 0.15) is 11.1 Å². The fourth-order valence-corrected chi connectivity index (χ4v) is 1.74. The van der Waals surface area contributed by atoms with E-state index in [0.29, 0.717) is 24.5 Å². The Morgan fingerprint density at radius 2 is 1.86 bits per heavy atom. The molecule has 0 atom stereocenters. The minimum Gasteiger partial charge on any atom is -0.496 e. The lowest BCUT2D eigenvalue weighted by Gasteiger charge is -2.05. The van der Waals surface area contributed by atoms with Gasteiger partial charge in [0, 0.05) is 5.56 Å². The van der Waals surface area contributed by atoms with E-state index in [1.54, 1.807) is 37.6 Å². The zero-order valence-corrected chi connectivity index (χ0v) is 12.2. The van der Waals surface area contributed by atoms with Gasteiger partial charge in [0.1, 0.15) is 18.1 Å². The van der Waals surface area contributed by atoms with E-state index in [1.807, 2.05) is 24.3 Å². The molecule has 2 rings (SSSR count). The summed E-state index contributed by atoms with van der Waals surface area (Å²) in [5.41, 5.74) is 1.45. The first kappa shape index (κ1) is 15.4. The van der Waals surface area contributed by atoms with E-state index in [0.717, 1.165) is 11.3 Å². The molecule has 0 aliphatic carbocycles. The smallest absolute Gasteiger partial charge is 0.151 e. The van der Waals surface area contributed by atoms with E-state index < -0.39 is 0 Å². The third-order valence-corrected chi connectivity index (χ3v) is 2.83. The Labute approximate surface area is 129 Å². The van der Waals surface area contributed by atoms with Crippen LogP contribution in [0.2, 0.25) is 0 Å². The van der Waals surface area contributed by atoms with Crippen LogP contribution in [0.4, 0.5) is 0 Å². The number of hydrogen-bond donors (Lipinski definition) is 0. The highest BCUT2D eigenvalue weighted by atomic mass is 16.6. The quantitative estimate of drug-likeness (QED) is 0.447. The molecule has 0 spiro atoms. The van der Waals surface area contributed by atoms with E-state index in [2.05, 4.69) is 11.2 Å². The molecular weight excluding hydrogens is 280 g/mol. The SMILES string of the molecule is COc1ccccc1/C=N/OCCOc1ccc(C#N)cc1. The number of nitriles is 1. The summed E-state index contributed by atoms with van der Waals surface area (Å²) in [6.07, 6.45) is 1.60. The third-order valence-electron chi connectivity index (χ3n) is 2.83. The van der Waals surface area contributed by atoms with Crippen molar-refractivity contribution in [3.05, 3.63) is 59.7 Å². The van der Waals surface area contributed by atoms with Crippen molar-refractivity contribution in [2.45, 2.75) is 0 Å². The highest BCUT2D eigenvalue weighted by Gasteiger charge is 1.98. The van der Waals surface area contributed by atoms with Crippen molar-refractivity contribution < 1.29 is 14.3 Å². The molecule has 0 saturated heterocycles. The molecule has 112 valence electrons. The zero-order chi connectivity index (χ0) is 15.6. The molecule has 0 fully saturated rings. The van der Waals surface area contributed by atoms with E-state index in [9.17, 15) is 0 Å². The van der Waals surface area contributed by atoms with Gasteiger partial charge in [-0.1, -0.05) is 17.3 Å². The zero-order valence-electron chi connectivity index (χ0n) is 12.2. The summed E-state index contributed by atoms with van der Waals surface area (Å²) < 4.78 is 10.7. The van der Waals surface area contributed by atoms with Crippen molar-refractivity contribution in [3.63, 3.8) is 0 Å². The van der Waals surface area contributed by atoms with Gasteiger partial charge in [0.2, 0.25) is 0 Å². The molecule has 5 heteroatoms. The molecule has 0 aromatic heterocycles. The lowest BCUT2D eigenvalue weighted by molar-refractivity contribution is 0.108. The molecular formula is C17H16N2O3. The van der Waals surface area contributed by atoms with Gasteiger partial charge in [-0.05, 0) is 36.4 Å². The molecule has 0 N–H and O–H groups in total. The van der Waals surface area contributed by atoms with Crippen LogP contribution in [-0.2, 0) is 4.84 Å². The first-order valence-corrected chi connectivity index (χ1v) is 6.75. The molecule has 2 aromatic rings. The first-order chi connectivity index (χ1) is 10.8. The Balaban J connectivity index is 1.72. The average molecular weight is 296 g/mol. The second-order valence-corrected chi connectivity index (χ2v) is 4.29. The van der Waals surface area contributed by atoms with Crippen LogP contribution in [-0.4, -0.2) is 26.5 Å². The molecule has 2 aromatic carbocycles. The van der Waals surface area contributed by atoms with Gasteiger partial charge in [-0.15, -0.1) is 0 Å². The van der Waals surface area contributed by atoms with Gasteiger partial charge < -0.3 is 14.3 Å². The van der Waals surface area contributed by atoms with E-state index in [1.165, 1.54) is 0 Å². The van der Waals surface area contributed by atoms with Gasteiger partial charge in [-0.3, -0.25) is 0 Å². The summed E-state index contributed by atoms with van der Waals surface area (Å²) in [5.74, 6) is 1.43. The van der Waals surface area contributed by atoms with Crippen LogP contribution >= 0.6 is 0 Å². The second kappa shape index (κ2) is 8.32. The van der Waals surface area contributed by atoms with Crippen molar-refractivity contribution in [2.24, 2.45) is 5.16 Å². The standard InChI is InChI=1S/C17H16N2O3/c1-20-17-5-3-2-4-15(17)13-19-22-11-10-21-16-8-6-14(12-18)7-9-16/h2-9,13H,10-11H2,1H3/b19-13+. The van der Waals surface area contributed by atoms with Gasteiger partial charge in [-0.2, -0.15) is 5.26 Å². The molecule has 0 aliphatic heterocycles. The Hall–Kier alpha value is -3.00. The fourth-order valence-electron chi connectivity index (χ4n) is 1.74. The number of hydrogen-bond acceptors (Lipinski definition) is 5. The van der Waals surface area contributed by atoms with Crippen molar-refractivity contribution in [1.82, 2.24) is 0 Å². The van der Waals surface area contributed by atoms with E-state index in [4.69, 9.17) is 19.6 Å². The number of rotatable bonds is 7. The molecule has 0 saturated carbocycles. The molecule has 0 bridgehead atoms. The van der Waals surface area contributed by atoms with Crippen LogP contribution in [0.3, 0.4) is 0 Å². The Bertz CT molecular complexity index is 660. The third kappa shape index (κ3) is 4.53. The maximum Gasteiger partial charge on any atom is 0.151 e. The van der Waals surface area contributed by atoms with Gasteiger partial charge in [0.25, 0.3) is 0 Å². The van der Waals surface area contributed by atoms with E-state index in [-0.39, 0.29) is 0 Å². The summed E-state index contributed by atoms with van der Waals surface area (Å²) in [6.45, 7) is 0.695. The lowest BCUT2D eigenvalue weighted by atomic mass is 10.2. The molecule has 22 heavy (non-hydrogen) atoms. The van der Waals surface area contributed by atoms with Crippen LogP contribution < -0.4 is 9.47 Å². The molecule has 0 amide bonds. The Kier molecular flexibility index (Phi) is 5.82. The largest absolute Gasteiger partial charge is 0.496 e. The summed E-state index contributed by atoms with van der Waals surface area (Å²) >= 11 is 0. The predicted octanol–water partition coefficient (Wildman–Crippen LogP) is 3.00. The maximum absolute atomic E-state index is 8.70. The normalized spacial score (nSPS) is 10.2. The summed E-state index contributed by atoms with van der Waals surface area (Å²) in [7, 11) is 1.61. The number of nitrogens with zero attached hydrogens (tertiary/aromatic N) is 2. The molecule has 0 aliphatic rings. The monoisotopic (exact) mass is 296 g/mol. The van der Waals surface area contributed by atoms with Gasteiger partial charge in [-0.25, -0.2) is 0 Å². The fraction of sp³-hybridized carbons (Fsp3) is 0.176. The van der Waals surface area contributed by atoms with Crippen LogP contribution in [0, 0.1) is 11.3 Å². The topological polar surface area (TPSA) is 63.8 Å². The number of oxime groups is 1. The van der Waals surface area contributed by atoms with Gasteiger partial charge in [0.15, 0.2) is 6.61 Å². The molecule has 0 heterocycles. The van der Waals surface area contributed by atoms with Crippen LogP contribution in [0.15, 0.2) is 53.7 Å². The van der Waals surface area contributed by atoms with Crippen molar-refractivity contribution in [1.29, 1.82) is 5.26 Å². The highest BCUT2D eigenvalue weighted by molar-refractivity contribution is 5.82. The van der Waals surface area contributed by atoms with Crippen LogP contribution in [0.5, 0.6) is 11.5 Å². The van der Waals surface area contributed by atoms with Crippen molar-refractivity contribution in [3.8, 4) is 17.6 Å². The first-order valence-electron chi connectivity index (χ1n) is 6.75. The lowest BCUT2D eigenvalue weighted by Crippen LogP contribution is -2.04. The molecule has 0 unspecified atom stereocenters. The van der Waals surface area contributed by atoms with Crippen molar-refractivity contribution in [2.75, 3.05) is 20.3 Å². The number of ether oxygens (including phenoxy) is 2. The minimum absolute atomic E-state index is 0.325. The molecule has 0 radical (unpaired) electrons. The Morgan fingerprint density at radius 3 is 2.59 bits per heavy atom. The van der Waals surface area contributed by atoms with Gasteiger partial charge in [0.05, 0.1) is 25.0 Å². The maximum atomic E-state index is 8.70. The summed E-state index contributed by atoms with van der Waals surface area (Å²) in [4.78, 5) is 5.14. The van der Waals surface area contributed by atoms with Crippen LogP contribution in [0.25, 0.3) is 0 Å². The summed E-state index contributed by atoms with van der Waals surface area (Å²) in [6, 6.07) is 16.5. The minimum atomic E-state index is 0.325.